The Morgan fingerprint density at radius 3 is 2.72 bits per heavy atom. The Kier molecular flexibility index (Phi) is 9.54. The van der Waals surface area contributed by atoms with Crippen LogP contribution in [0.3, 0.4) is 0 Å². The maximum atomic E-state index is 14.4. The molecular formula is C35H41Cl2FN8. The molecular weight excluding hydrogens is 622 g/mol. The molecule has 11 heteroatoms. The number of allylic oxidation sites excluding steroid dienone is 2. The van der Waals surface area contributed by atoms with Crippen LogP contribution in [0.15, 0.2) is 72.4 Å². The molecule has 1 unspecified atom stereocenters. The molecule has 6 rings (SSSR count). The predicted molar refractivity (Wildman–Crippen MR) is 188 cm³/mol. The van der Waals surface area contributed by atoms with Gasteiger partial charge in [-0.3, -0.25) is 4.68 Å². The normalized spacial score (nSPS) is 17.9. The summed E-state index contributed by atoms with van der Waals surface area (Å²) in [5.41, 5.74) is 5.56. The van der Waals surface area contributed by atoms with Gasteiger partial charge in [0, 0.05) is 80.1 Å². The van der Waals surface area contributed by atoms with E-state index in [1.807, 2.05) is 36.8 Å². The van der Waals surface area contributed by atoms with Crippen molar-refractivity contribution in [3.8, 4) is 11.1 Å². The zero-order valence-corrected chi connectivity index (χ0v) is 28.4. The van der Waals surface area contributed by atoms with Crippen LogP contribution >= 0.6 is 23.2 Å². The van der Waals surface area contributed by atoms with Gasteiger partial charge in [-0.25, -0.2) is 14.4 Å². The second-order valence-corrected chi connectivity index (χ2v) is 13.2. The highest BCUT2D eigenvalue weighted by atomic mass is 35.5. The highest BCUT2D eigenvalue weighted by Gasteiger charge is 2.32. The van der Waals surface area contributed by atoms with E-state index in [-0.39, 0.29) is 13.0 Å². The summed E-state index contributed by atoms with van der Waals surface area (Å²) in [7, 11) is 2.13. The standard InChI is InChI=1S/C35H41Cl2FN8/c1-6-12-39-23(4)41-22(3)35(34-31-15-26(38)19-45(31)21-40-34)46-20-29-30(36)16-28(32(37)33(29)42-46)25-8-10-27(11-9-25)43(5)13-14-44-17-24(7-2)18-44/h6,8-12,16,20-21,24,26,35H,3,7,13-15,17-19H2,1-2,4-5H3,(H,39,41)/b12-6-/t26-,35?/m1/s1. The van der Waals surface area contributed by atoms with Crippen molar-refractivity contribution in [1.82, 2.24) is 29.5 Å². The van der Waals surface area contributed by atoms with Gasteiger partial charge in [0.1, 0.15) is 23.6 Å². The van der Waals surface area contributed by atoms with E-state index >= 15 is 0 Å². The Balaban J connectivity index is 1.29. The summed E-state index contributed by atoms with van der Waals surface area (Å²) >= 11 is 14.0. The van der Waals surface area contributed by atoms with Crippen molar-refractivity contribution in [2.24, 2.45) is 10.9 Å². The summed E-state index contributed by atoms with van der Waals surface area (Å²) in [5, 5.41) is 9.98. The van der Waals surface area contributed by atoms with Crippen molar-refractivity contribution in [3.63, 3.8) is 0 Å². The molecule has 0 aliphatic carbocycles. The molecule has 0 bridgehead atoms. The lowest BCUT2D eigenvalue weighted by Crippen LogP contribution is -2.48. The van der Waals surface area contributed by atoms with E-state index in [0.29, 0.717) is 38.2 Å². The van der Waals surface area contributed by atoms with Crippen molar-refractivity contribution >= 4 is 45.6 Å². The molecule has 8 nitrogen and oxygen atoms in total. The lowest BCUT2D eigenvalue weighted by Gasteiger charge is -2.39. The van der Waals surface area contributed by atoms with E-state index in [1.54, 1.807) is 17.2 Å². The minimum absolute atomic E-state index is 0.278. The Labute approximate surface area is 280 Å². The Bertz CT molecular complexity index is 1780. The molecule has 2 aliphatic rings. The molecule has 4 aromatic rings. The van der Waals surface area contributed by atoms with Gasteiger partial charge in [0.15, 0.2) is 0 Å². The molecule has 2 atom stereocenters. The fourth-order valence-electron chi connectivity index (χ4n) is 6.39. The Hall–Kier alpha value is -3.66. The van der Waals surface area contributed by atoms with Gasteiger partial charge in [0.05, 0.1) is 28.6 Å². The number of aromatic nitrogens is 4. The van der Waals surface area contributed by atoms with E-state index in [4.69, 9.17) is 28.3 Å². The first kappa shape index (κ1) is 32.3. The van der Waals surface area contributed by atoms with Crippen LogP contribution in [0.2, 0.25) is 10.0 Å². The number of rotatable bonds is 11. The quantitative estimate of drug-likeness (QED) is 0.133. The highest BCUT2D eigenvalue weighted by Crippen LogP contribution is 2.40. The minimum atomic E-state index is -0.958. The number of hydrogen-bond donors (Lipinski definition) is 1. The van der Waals surface area contributed by atoms with Gasteiger partial charge in [-0.1, -0.05) is 61.3 Å². The van der Waals surface area contributed by atoms with Crippen LogP contribution in [0.1, 0.15) is 44.6 Å². The average Bonchev–Trinajstić information content (AvgIpc) is 3.73. The average molecular weight is 664 g/mol. The zero-order chi connectivity index (χ0) is 32.5. The largest absolute Gasteiger partial charge is 0.373 e. The van der Waals surface area contributed by atoms with Gasteiger partial charge in [-0.2, -0.15) is 5.10 Å². The molecule has 2 aliphatic heterocycles. The fourth-order valence-corrected chi connectivity index (χ4v) is 6.94. The summed E-state index contributed by atoms with van der Waals surface area (Å²) in [6.07, 6.45) is 7.67. The van der Waals surface area contributed by atoms with Crippen LogP contribution in [0.5, 0.6) is 0 Å². The first-order chi connectivity index (χ1) is 22.2. The molecule has 0 radical (unpaired) electrons. The number of likely N-dealkylation sites (N-methyl/N-ethyl adjacent to an activating group) is 1. The third kappa shape index (κ3) is 6.46. The molecule has 1 N–H and O–H groups in total. The van der Waals surface area contributed by atoms with E-state index < -0.39 is 12.2 Å². The van der Waals surface area contributed by atoms with Gasteiger partial charge < -0.3 is 19.7 Å². The molecule has 46 heavy (non-hydrogen) atoms. The minimum Gasteiger partial charge on any atom is -0.373 e. The molecule has 4 heterocycles. The Morgan fingerprint density at radius 2 is 2.00 bits per heavy atom. The molecule has 242 valence electrons. The summed E-state index contributed by atoms with van der Waals surface area (Å²) < 4.78 is 18.1. The maximum absolute atomic E-state index is 14.4. The molecule has 0 saturated carbocycles. The lowest BCUT2D eigenvalue weighted by atomic mass is 9.97. The number of anilines is 1. The molecule has 1 saturated heterocycles. The number of amidine groups is 1. The number of nitrogens with zero attached hydrogens (tertiary/aromatic N) is 7. The maximum Gasteiger partial charge on any atom is 0.135 e. The SMILES string of the molecule is C=C(NC(C)=N/C=C\C)C(c1ncn2c1C[C@@H](F)C2)n1cc2c(Cl)cc(-c3ccc(N(C)CCN4CC(CC)C4)cc3)c(Cl)c2n1. The second kappa shape index (κ2) is 13.6. The van der Waals surface area contributed by atoms with Gasteiger partial charge in [0.2, 0.25) is 0 Å². The number of likely N-dealkylation sites (tertiary alicyclic amines) is 1. The van der Waals surface area contributed by atoms with Crippen molar-refractivity contribution in [2.75, 3.05) is 38.1 Å². The third-order valence-corrected chi connectivity index (χ3v) is 9.78. The van der Waals surface area contributed by atoms with E-state index in [0.717, 1.165) is 41.5 Å². The summed E-state index contributed by atoms with van der Waals surface area (Å²) in [6.45, 7) is 15.1. The van der Waals surface area contributed by atoms with E-state index in [1.165, 1.54) is 19.5 Å². The molecule has 1 fully saturated rings. The van der Waals surface area contributed by atoms with Gasteiger partial charge in [-0.05, 0) is 43.5 Å². The van der Waals surface area contributed by atoms with Crippen molar-refractivity contribution in [1.29, 1.82) is 0 Å². The number of aliphatic imine (C=N–C) groups is 1. The highest BCUT2D eigenvalue weighted by molar-refractivity contribution is 6.42. The van der Waals surface area contributed by atoms with Crippen molar-refractivity contribution < 1.29 is 4.39 Å². The zero-order valence-electron chi connectivity index (χ0n) is 26.8. The van der Waals surface area contributed by atoms with Crippen LogP contribution in [-0.2, 0) is 13.0 Å². The first-order valence-corrected chi connectivity index (χ1v) is 16.6. The van der Waals surface area contributed by atoms with E-state index in [9.17, 15) is 4.39 Å². The molecule has 2 aromatic carbocycles. The number of nitrogens with one attached hydrogen (secondary N) is 1. The van der Waals surface area contributed by atoms with Gasteiger partial charge in [-0.15, -0.1) is 0 Å². The number of imidazole rings is 1. The molecule has 0 spiro atoms. The fraction of sp³-hybridized carbons (Fsp3) is 0.400. The van der Waals surface area contributed by atoms with Crippen LogP contribution < -0.4 is 10.2 Å². The van der Waals surface area contributed by atoms with Gasteiger partial charge in [0.25, 0.3) is 0 Å². The van der Waals surface area contributed by atoms with E-state index in [2.05, 4.69) is 69.9 Å². The number of fused-ring (bicyclic) bond motifs is 2. The van der Waals surface area contributed by atoms with Gasteiger partial charge >= 0.3 is 0 Å². The number of benzene rings is 2. The van der Waals surface area contributed by atoms with Crippen LogP contribution in [0.4, 0.5) is 10.1 Å². The first-order valence-electron chi connectivity index (χ1n) is 15.9. The number of alkyl halides is 1. The third-order valence-electron chi connectivity index (χ3n) is 9.09. The number of halogens is 3. The van der Waals surface area contributed by atoms with Crippen molar-refractivity contribution in [2.45, 2.75) is 52.4 Å². The summed E-state index contributed by atoms with van der Waals surface area (Å²) in [6, 6.07) is 9.72. The smallest absolute Gasteiger partial charge is 0.135 e. The molecule has 2 aromatic heterocycles. The van der Waals surface area contributed by atoms with Crippen LogP contribution in [0, 0.1) is 5.92 Å². The predicted octanol–water partition coefficient (Wildman–Crippen LogP) is 7.52. The summed E-state index contributed by atoms with van der Waals surface area (Å²) in [4.78, 5) is 13.9. The van der Waals surface area contributed by atoms with Crippen LogP contribution in [0.25, 0.3) is 22.0 Å². The lowest BCUT2D eigenvalue weighted by molar-refractivity contribution is 0.101. The monoisotopic (exact) mass is 662 g/mol. The topological polar surface area (TPSA) is 66.5 Å². The molecule has 0 amide bonds. The van der Waals surface area contributed by atoms with Crippen molar-refractivity contribution in [3.05, 3.63) is 88.8 Å². The summed E-state index contributed by atoms with van der Waals surface area (Å²) in [5.74, 6) is 1.51. The second-order valence-electron chi connectivity index (χ2n) is 12.4. The number of hydrogen-bond acceptors (Lipinski definition) is 5. The Morgan fingerprint density at radius 1 is 1.24 bits per heavy atom. The van der Waals surface area contributed by atoms with Crippen LogP contribution in [-0.4, -0.2) is 69.5 Å².